The lowest BCUT2D eigenvalue weighted by Gasteiger charge is -2.18. The van der Waals surface area contributed by atoms with E-state index in [2.05, 4.69) is 15.3 Å². The van der Waals surface area contributed by atoms with Crippen molar-refractivity contribution in [3.8, 4) is 34.1 Å². The number of amides is 1. The molecule has 12 heteroatoms. The Bertz CT molecular complexity index is 1530. The molecule has 3 heterocycles. The Morgan fingerprint density at radius 2 is 1.97 bits per heavy atom. The molecule has 0 spiro atoms. The van der Waals surface area contributed by atoms with Gasteiger partial charge in [-0.2, -0.15) is 0 Å². The van der Waals surface area contributed by atoms with Crippen molar-refractivity contribution in [1.82, 2.24) is 15.3 Å². The number of fused-ring (bicyclic) bond motifs is 2. The molecule has 12 nitrogen and oxygen atoms in total. The third-order valence-electron chi connectivity index (χ3n) is 5.67. The van der Waals surface area contributed by atoms with Crippen molar-refractivity contribution in [2.24, 2.45) is 0 Å². The number of hydrogen-bond donors (Lipinski definition) is 4. The Morgan fingerprint density at radius 3 is 2.73 bits per heavy atom. The number of rotatable bonds is 8. The van der Waals surface area contributed by atoms with E-state index in [-0.39, 0.29) is 28.7 Å². The van der Waals surface area contributed by atoms with Gasteiger partial charge in [0.15, 0.2) is 18.1 Å². The molecule has 0 saturated carbocycles. The van der Waals surface area contributed by atoms with Crippen molar-refractivity contribution in [2.75, 3.05) is 19.8 Å². The molecule has 1 aliphatic rings. The second-order valence-corrected chi connectivity index (χ2v) is 8.18. The number of H-pyrrole nitrogens is 1. The average molecular weight is 507 g/mol. The first-order valence-corrected chi connectivity index (χ1v) is 11.2. The summed E-state index contributed by atoms with van der Waals surface area (Å²) in [6, 6.07) is 6.39. The highest BCUT2D eigenvalue weighted by Gasteiger charge is 2.22. The Labute approximate surface area is 208 Å². The number of carbonyl (C=O) groups is 2. The Hall–Kier alpha value is -5.00. The smallest absolute Gasteiger partial charge is 0.326 e. The normalized spacial score (nSPS) is 13.2. The molecule has 1 atom stereocenters. The second kappa shape index (κ2) is 9.93. The second-order valence-electron chi connectivity index (χ2n) is 8.18. The van der Waals surface area contributed by atoms with Crippen LogP contribution in [0.5, 0.6) is 23.0 Å². The zero-order chi connectivity index (χ0) is 25.9. The van der Waals surface area contributed by atoms with E-state index in [0.29, 0.717) is 36.0 Å². The highest BCUT2D eigenvalue weighted by Crippen LogP contribution is 2.35. The minimum atomic E-state index is -1.22. The molecular weight excluding hydrogens is 486 g/mol. The number of aromatic amines is 1. The molecule has 37 heavy (non-hydrogen) atoms. The average Bonchev–Trinajstić information content (AvgIpc) is 3.40. The standard InChI is InChI=1S/C25H21N3O9/c29-18-7-15(36-11-22(30)28-17(25(32)33)6-14-9-26-12-27-14)8-21-23(18)24(31)16(10-37-21)13-1-2-19-20(5-13)35-4-3-34-19/h1-2,5,7-10,12,17,29H,3-4,6,11H2,(H,26,27)(H,28,30)(H,32,33). The van der Waals surface area contributed by atoms with Crippen LogP contribution in [-0.4, -0.2) is 57.9 Å². The van der Waals surface area contributed by atoms with Gasteiger partial charge in [0.05, 0.1) is 11.9 Å². The van der Waals surface area contributed by atoms with Gasteiger partial charge >= 0.3 is 5.97 Å². The number of carboxylic acid groups (broad SMARTS) is 1. The van der Waals surface area contributed by atoms with Crippen molar-refractivity contribution in [2.45, 2.75) is 12.5 Å². The summed E-state index contributed by atoms with van der Waals surface area (Å²) < 4.78 is 22.1. The number of hydrogen-bond acceptors (Lipinski definition) is 9. The SMILES string of the molecule is O=C(COc1cc(O)c2c(=O)c(-c3ccc4c(c3)OCCO4)coc2c1)NC(Cc1cnc[nH]1)C(=O)O. The maximum absolute atomic E-state index is 13.2. The maximum atomic E-state index is 13.2. The molecule has 0 aliphatic carbocycles. The zero-order valence-corrected chi connectivity index (χ0v) is 19.2. The molecule has 5 rings (SSSR count). The van der Waals surface area contributed by atoms with E-state index in [1.54, 1.807) is 18.2 Å². The van der Waals surface area contributed by atoms with Crippen LogP contribution in [0.1, 0.15) is 5.69 Å². The number of aromatic hydroxyl groups is 1. The lowest BCUT2D eigenvalue weighted by atomic mass is 10.0. The number of nitrogens with one attached hydrogen (secondary N) is 2. The number of nitrogens with zero attached hydrogens (tertiary/aromatic N) is 1. The van der Waals surface area contributed by atoms with Crippen LogP contribution < -0.4 is 25.0 Å². The lowest BCUT2D eigenvalue weighted by Crippen LogP contribution is -2.44. The summed E-state index contributed by atoms with van der Waals surface area (Å²) >= 11 is 0. The van der Waals surface area contributed by atoms with Crippen LogP contribution in [0.15, 0.2) is 58.3 Å². The van der Waals surface area contributed by atoms with Gasteiger partial charge in [-0.25, -0.2) is 9.78 Å². The predicted molar refractivity (Wildman–Crippen MR) is 128 cm³/mol. The molecule has 0 fully saturated rings. The number of phenolic OH excluding ortho intramolecular Hbond substituents is 1. The number of aromatic nitrogens is 2. The summed E-state index contributed by atoms with van der Waals surface area (Å²) in [5, 5.41) is 22.2. The van der Waals surface area contributed by atoms with E-state index < -0.39 is 35.7 Å². The molecule has 4 aromatic rings. The minimum absolute atomic E-state index is 0.00863. The van der Waals surface area contributed by atoms with Crippen LogP contribution in [0, 0.1) is 0 Å². The first-order valence-electron chi connectivity index (χ1n) is 11.2. The fourth-order valence-electron chi connectivity index (χ4n) is 3.90. The van der Waals surface area contributed by atoms with Crippen molar-refractivity contribution < 1.29 is 38.4 Å². The monoisotopic (exact) mass is 507 g/mol. The number of ether oxygens (including phenoxy) is 3. The van der Waals surface area contributed by atoms with Crippen molar-refractivity contribution in [3.63, 3.8) is 0 Å². The number of benzene rings is 2. The fraction of sp³-hybridized carbons (Fsp3) is 0.200. The van der Waals surface area contributed by atoms with Crippen LogP contribution in [0.3, 0.4) is 0 Å². The molecular formula is C25H21N3O9. The first kappa shape index (κ1) is 23.7. The summed E-state index contributed by atoms with van der Waals surface area (Å²) in [6.45, 7) is 0.304. The van der Waals surface area contributed by atoms with E-state index in [0.717, 1.165) is 0 Å². The van der Waals surface area contributed by atoms with Crippen LogP contribution in [0.4, 0.5) is 0 Å². The zero-order valence-electron chi connectivity index (χ0n) is 19.2. The summed E-state index contributed by atoms with van der Waals surface area (Å²) in [7, 11) is 0. The molecule has 1 unspecified atom stereocenters. The summed E-state index contributed by atoms with van der Waals surface area (Å²) in [5.41, 5.74) is 0.857. The van der Waals surface area contributed by atoms with Gasteiger partial charge in [-0.15, -0.1) is 0 Å². The Morgan fingerprint density at radius 1 is 1.16 bits per heavy atom. The highest BCUT2D eigenvalue weighted by atomic mass is 16.6. The van der Waals surface area contributed by atoms with Gasteiger partial charge < -0.3 is 39.1 Å². The lowest BCUT2D eigenvalue weighted by molar-refractivity contribution is -0.142. The fourth-order valence-corrected chi connectivity index (χ4v) is 3.90. The van der Waals surface area contributed by atoms with E-state index in [1.807, 2.05) is 0 Å². The molecule has 0 saturated heterocycles. The molecule has 4 N–H and O–H groups in total. The Kier molecular flexibility index (Phi) is 6.37. The molecule has 0 bridgehead atoms. The molecule has 2 aromatic heterocycles. The summed E-state index contributed by atoms with van der Waals surface area (Å²) in [4.78, 5) is 43.5. The van der Waals surface area contributed by atoms with Crippen LogP contribution in [0.25, 0.3) is 22.1 Å². The van der Waals surface area contributed by atoms with Gasteiger partial charge in [0.2, 0.25) is 5.43 Å². The third kappa shape index (κ3) is 5.03. The van der Waals surface area contributed by atoms with Crippen LogP contribution in [0.2, 0.25) is 0 Å². The van der Waals surface area contributed by atoms with E-state index >= 15 is 0 Å². The van der Waals surface area contributed by atoms with Crippen molar-refractivity contribution in [3.05, 3.63) is 65.0 Å². The van der Waals surface area contributed by atoms with Gasteiger partial charge in [0.1, 0.15) is 48.0 Å². The van der Waals surface area contributed by atoms with Crippen LogP contribution >= 0.6 is 0 Å². The molecule has 2 aromatic carbocycles. The van der Waals surface area contributed by atoms with E-state index in [4.69, 9.17) is 18.6 Å². The largest absolute Gasteiger partial charge is 0.507 e. The predicted octanol–water partition coefficient (Wildman–Crippen LogP) is 1.85. The van der Waals surface area contributed by atoms with Gasteiger partial charge in [0.25, 0.3) is 5.91 Å². The maximum Gasteiger partial charge on any atom is 0.326 e. The number of carbonyl (C=O) groups excluding carboxylic acids is 1. The van der Waals surface area contributed by atoms with Crippen molar-refractivity contribution >= 4 is 22.8 Å². The minimum Gasteiger partial charge on any atom is -0.507 e. The van der Waals surface area contributed by atoms with Gasteiger partial charge in [-0.05, 0) is 17.7 Å². The van der Waals surface area contributed by atoms with Gasteiger partial charge in [0, 0.05) is 30.4 Å². The number of phenols is 1. The third-order valence-corrected chi connectivity index (χ3v) is 5.67. The van der Waals surface area contributed by atoms with Crippen LogP contribution in [-0.2, 0) is 16.0 Å². The molecule has 0 radical (unpaired) electrons. The number of imidazole rings is 1. The van der Waals surface area contributed by atoms with Gasteiger partial charge in [-0.3, -0.25) is 9.59 Å². The highest BCUT2D eigenvalue weighted by molar-refractivity contribution is 5.88. The topological polar surface area (TPSA) is 173 Å². The molecule has 190 valence electrons. The summed E-state index contributed by atoms with van der Waals surface area (Å²) in [5.74, 6) is -1.18. The van der Waals surface area contributed by atoms with E-state index in [1.165, 1.54) is 30.9 Å². The molecule has 1 amide bonds. The number of aliphatic carboxylic acids is 1. The van der Waals surface area contributed by atoms with Gasteiger partial charge in [-0.1, -0.05) is 6.07 Å². The van der Waals surface area contributed by atoms with Crippen molar-refractivity contribution in [1.29, 1.82) is 0 Å². The Balaban J connectivity index is 1.32. The number of carboxylic acids is 1. The summed E-state index contributed by atoms with van der Waals surface area (Å²) in [6.07, 6.45) is 4.14. The molecule has 1 aliphatic heterocycles. The quantitative estimate of drug-likeness (QED) is 0.276. The van der Waals surface area contributed by atoms with E-state index in [9.17, 15) is 24.6 Å². The first-order chi connectivity index (χ1) is 17.9.